The highest BCUT2D eigenvalue weighted by atomic mass is 35.5. The number of nitrogens with zero attached hydrogens (tertiary/aromatic N) is 1. The number of carbonyl (C=O) groups is 1. The van der Waals surface area contributed by atoms with Crippen LogP contribution in [-0.2, 0) is 11.3 Å². The molecule has 0 unspecified atom stereocenters. The summed E-state index contributed by atoms with van der Waals surface area (Å²) in [6.07, 6.45) is -0.267. The summed E-state index contributed by atoms with van der Waals surface area (Å²) in [5.74, 6) is 0. The Balaban J connectivity index is 1.77. The Labute approximate surface area is 135 Å². The van der Waals surface area contributed by atoms with E-state index in [0.717, 1.165) is 5.56 Å². The van der Waals surface area contributed by atoms with E-state index in [1.54, 1.807) is 4.90 Å². The fourth-order valence-corrected chi connectivity index (χ4v) is 2.56. The van der Waals surface area contributed by atoms with E-state index >= 15 is 0 Å². The Bertz CT molecular complexity index is 503. The molecular formula is C15H20Cl2N2O2. The van der Waals surface area contributed by atoms with Crippen LogP contribution < -0.4 is 5.32 Å². The van der Waals surface area contributed by atoms with Gasteiger partial charge in [0.05, 0.1) is 0 Å². The van der Waals surface area contributed by atoms with E-state index in [-0.39, 0.29) is 12.1 Å². The summed E-state index contributed by atoms with van der Waals surface area (Å²) >= 11 is 12.2. The summed E-state index contributed by atoms with van der Waals surface area (Å²) in [5, 5.41) is 4.65. The molecule has 0 aliphatic carbocycles. The zero-order valence-electron chi connectivity index (χ0n) is 12.5. The van der Waals surface area contributed by atoms with Crippen LogP contribution in [-0.4, -0.2) is 35.7 Å². The van der Waals surface area contributed by atoms with Crippen molar-refractivity contribution in [1.29, 1.82) is 0 Å². The summed E-state index contributed by atoms with van der Waals surface area (Å²) in [7, 11) is 0. The number of benzene rings is 1. The second-order valence-corrected chi connectivity index (χ2v) is 6.98. The van der Waals surface area contributed by atoms with Gasteiger partial charge < -0.3 is 15.0 Å². The van der Waals surface area contributed by atoms with Crippen LogP contribution in [0.1, 0.15) is 26.3 Å². The Morgan fingerprint density at radius 3 is 2.43 bits per heavy atom. The lowest BCUT2D eigenvalue weighted by atomic mass is 10.1. The van der Waals surface area contributed by atoms with Crippen LogP contribution in [0, 0.1) is 0 Å². The van der Waals surface area contributed by atoms with Gasteiger partial charge in [-0.25, -0.2) is 4.79 Å². The number of halogens is 2. The third-order valence-electron chi connectivity index (χ3n) is 3.16. The van der Waals surface area contributed by atoms with Crippen molar-refractivity contribution in [3.8, 4) is 0 Å². The molecule has 0 atom stereocenters. The molecule has 0 aromatic heterocycles. The van der Waals surface area contributed by atoms with Gasteiger partial charge in [-0.2, -0.15) is 0 Å². The number of carbonyl (C=O) groups excluding carboxylic acids is 1. The van der Waals surface area contributed by atoms with Gasteiger partial charge in [0, 0.05) is 41.3 Å². The normalized spacial score (nSPS) is 15.8. The van der Waals surface area contributed by atoms with E-state index in [1.165, 1.54) is 0 Å². The summed E-state index contributed by atoms with van der Waals surface area (Å²) < 4.78 is 5.31. The lowest BCUT2D eigenvalue weighted by molar-refractivity contribution is 0.00519. The van der Waals surface area contributed by atoms with Crippen LogP contribution in [0.4, 0.5) is 4.79 Å². The van der Waals surface area contributed by atoms with Gasteiger partial charge in [0.1, 0.15) is 5.60 Å². The van der Waals surface area contributed by atoms with Crippen LogP contribution in [0.3, 0.4) is 0 Å². The molecule has 1 fully saturated rings. The molecule has 1 aliphatic rings. The maximum absolute atomic E-state index is 11.8. The standard InChI is InChI=1S/C15H20Cl2N2O2/c1-15(2,3)21-14(20)19-8-10(9-19)18-7-11-12(16)5-4-6-13(11)17/h4-6,10,18H,7-9H2,1-3H3. The summed E-state index contributed by atoms with van der Waals surface area (Å²) in [4.78, 5) is 13.5. The van der Waals surface area contributed by atoms with Crippen molar-refractivity contribution in [3.63, 3.8) is 0 Å². The lowest BCUT2D eigenvalue weighted by Crippen LogP contribution is -2.60. The Hall–Kier alpha value is -0.970. The lowest BCUT2D eigenvalue weighted by Gasteiger charge is -2.40. The predicted molar refractivity (Wildman–Crippen MR) is 84.9 cm³/mol. The molecule has 1 aromatic rings. The van der Waals surface area contributed by atoms with Crippen molar-refractivity contribution in [2.24, 2.45) is 0 Å². The van der Waals surface area contributed by atoms with Gasteiger partial charge in [-0.05, 0) is 32.9 Å². The van der Waals surface area contributed by atoms with Crippen molar-refractivity contribution in [3.05, 3.63) is 33.8 Å². The molecular weight excluding hydrogens is 311 g/mol. The van der Waals surface area contributed by atoms with Crippen molar-refractivity contribution in [2.75, 3.05) is 13.1 Å². The Kier molecular flexibility index (Phi) is 5.02. The average molecular weight is 331 g/mol. The summed E-state index contributed by atoms with van der Waals surface area (Å²) in [6.45, 7) is 7.44. The van der Waals surface area contributed by atoms with Gasteiger partial charge in [-0.1, -0.05) is 29.3 Å². The number of nitrogens with one attached hydrogen (secondary N) is 1. The summed E-state index contributed by atoms with van der Waals surface area (Å²) in [5.41, 5.74) is 0.428. The first-order valence-electron chi connectivity index (χ1n) is 6.90. The van der Waals surface area contributed by atoms with Crippen LogP contribution >= 0.6 is 23.2 Å². The fourth-order valence-electron chi connectivity index (χ4n) is 2.03. The fraction of sp³-hybridized carbons (Fsp3) is 0.533. The van der Waals surface area contributed by atoms with Crippen molar-refractivity contribution < 1.29 is 9.53 Å². The molecule has 1 aromatic carbocycles. The van der Waals surface area contributed by atoms with E-state index in [4.69, 9.17) is 27.9 Å². The van der Waals surface area contributed by atoms with Gasteiger partial charge in [0.15, 0.2) is 0 Å². The first-order valence-corrected chi connectivity index (χ1v) is 7.66. The maximum atomic E-state index is 11.8. The number of hydrogen-bond donors (Lipinski definition) is 1. The molecule has 0 spiro atoms. The predicted octanol–water partition coefficient (Wildman–Crippen LogP) is 3.70. The van der Waals surface area contributed by atoms with Crippen LogP contribution in [0.5, 0.6) is 0 Å². The van der Waals surface area contributed by atoms with Crippen LogP contribution in [0.15, 0.2) is 18.2 Å². The number of rotatable bonds is 3. The molecule has 0 saturated carbocycles. The van der Waals surface area contributed by atoms with Crippen molar-refractivity contribution in [1.82, 2.24) is 10.2 Å². The highest BCUT2D eigenvalue weighted by Crippen LogP contribution is 2.24. The number of likely N-dealkylation sites (tertiary alicyclic amines) is 1. The van der Waals surface area contributed by atoms with Gasteiger partial charge in [0.25, 0.3) is 0 Å². The van der Waals surface area contributed by atoms with E-state index in [9.17, 15) is 4.79 Å². The SMILES string of the molecule is CC(C)(C)OC(=O)N1CC(NCc2c(Cl)cccc2Cl)C1. The Morgan fingerprint density at radius 1 is 1.33 bits per heavy atom. The number of ether oxygens (including phenoxy) is 1. The van der Waals surface area contributed by atoms with E-state index in [2.05, 4.69) is 5.32 Å². The Morgan fingerprint density at radius 2 is 1.90 bits per heavy atom. The van der Waals surface area contributed by atoms with Gasteiger partial charge >= 0.3 is 6.09 Å². The molecule has 1 saturated heterocycles. The molecule has 4 nitrogen and oxygen atoms in total. The van der Waals surface area contributed by atoms with E-state index < -0.39 is 5.60 Å². The third kappa shape index (κ3) is 4.50. The van der Waals surface area contributed by atoms with Crippen molar-refractivity contribution >= 4 is 29.3 Å². The molecule has 116 valence electrons. The monoisotopic (exact) mass is 330 g/mol. The van der Waals surface area contributed by atoms with Crippen molar-refractivity contribution in [2.45, 2.75) is 39.0 Å². The largest absolute Gasteiger partial charge is 0.444 e. The maximum Gasteiger partial charge on any atom is 0.410 e. The molecule has 0 radical (unpaired) electrons. The number of hydrogen-bond acceptors (Lipinski definition) is 3. The topological polar surface area (TPSA) is 41.6 Å². The van der Waals surface area contributed by atoms with E-state index in [0.29, 0.717) is 29.7 Å². The third-order valence-corrected chi connectivity index (χ3v) is 3.87. The molecule has 0 bridgehead atoms. The molecule has 1 aliphatic heterocycles. The van der Waals surface area contributed by atoms with Crippen LogP contribution in [0.2, 0.25) is 10.0 Å². The zero-order chi connectivity index (χ0) is 15.6. The molecule has 6 heteroatoms. The highest BCUT2D eigenvalue weighted by Gasteiger charge is 2.33. The second kappa shape index (κ2) is 6.42. The van der Waals surface area contributed by atoms with Gasteiger partial charge in [0.2, 0.25) is 0 Å². The smallest absolute Gasteiger partial charge is 0.410 e. The van der Waals surface area contributed by atoms with Gasteiger partial charge in [-0.3, -0.25) is 0 Å². The van der Waals surface area contributed by atoms with Gasteiger partial charge in [-0.15, -0.1) is 0 Å². The molecule has 1 heterocycles. The minimum atomic E-state index is -0.458. The first kappa shape index (κ1) is 16.4. The van der Waals surface area contributed by atoms with E-state index in [1.807, 2.05) is 39.0 Å². The molecule has 1 N–H and O–H groups in total. The molecule has 2 rings (SSSR count). The minimum Gasteiger partial charge on any atom is -0.444 e. The first-order chi connectivity index (χ1) is 9.76. The quantitative estimate of drug-likeness (QED) is 0.918. The zero-order valence-corrected chi connectivity index (χ0v) is 14.0. The van der Waals surface area contributed by atoms with Crippen LogP contribution in [0.25, 0.3) is 0 Å². The molecule has 21 heavy (non-hydrogen) atoms. The minimum absolute atomic E-state index is 0.241. The highest BCUT2D eigenvalue weighted by molar-refractivity contribution is 6.35. The molecule has 1 amide bonds. The summed E-state index contributed by atoms with van der Waals surface area (Å²) in [6, 6.07) is 5.70. The number of amides is 1. The average Bonchev–Trinajstić information content (AvgIpc) is 2.27. The second-order valence-electron chi connectivity index (χ2n) is 6.16.